The number of rotatable bonds is 2. The van der Waals surface area contributed by atoms with Crippen molar-refractivity contribution in [3.05, 3.63) is 23.5 Å². The third-order valence-corrected chi connectivity index (χ3v) is 4.32. The standard InChI is InChI=1S/C15H17FN2O2/c1-3-9-5-4-8(2)18(9)13-7-12-10(6-11(13)16)14(19)15(20)17-12/h6-9H,3-5H2,1-2H3,(H,17,19,20). The van der Waals surface area contributed by atoms with Gasteiger partial charge in [0.25, 0.3) is 11.7 Å². The Morgan fingerprint density at radius 3 is 2.80 bits per heavy atom. The van der Waals surface area contributed by atoms with Crippen LogP contribution in [0.1, 0.15) is 43.5 Å². The molecule has 0 bridgehead atoms. The fraction of sp³-hybridized carbons (Fsp3) is 0.467. The molecule has 3 rings (SSSR count). The number of benzene rings is 1. The number of Topliss-reactive ketones (excluding diaryl/α,β-unsaturated/α-hetero) is 1. The minimum atomic E-state index is -0.682. The van der Waals surface area contributed by atoms with Crippen molar-refractivity contribution in [1.82, 2.24) is 0 Å². The van der Waals surface area contributed by atoms with Gasteiger partial charge in [-0.3, -0.25) is 9.59 Å². The van der Waals surface area contributed by atoms with Gasteiger partial charge < -0.3 is 10.2 Å². The second kappa shape index (κ2) is 4.58. The average Bonchev–Trinajstić information content (AvgIpc) is 2.91. The number of carbonyl (C=O) groups excluding carboxylic acids is 2. The van der Waals surface area contributed by atoms with Gasteiger partial charge in [0.05, 0.1) is 16.9 Å². The first-order valence-electron chi connectivity index (χ1n) is 7.00. The maximum absolute atomic E-state index is 14.3. The highest BCUT2D eigenvalue weighted by Crippen LogP contribution is 2.37. The van der Waals surface area contributed by atoms with Crippen molar-refractivity contribution in [3.63, 3.8) is 0 Å². The Kier molecular flexibility index (Phi) is 3.00. The molecule has 1 fully saturated rings. The molecule has 4 nitrogen and oxygen atoms in total. The third-order valence-electron chi connectivity index (χ3n) is 4.32. The van der Waals surface area contributed by atoms with E-state index in [0.29, 0.717) is 17.4 Å². The summed E-state index contributed by atoms with van der Waals surface area (Å²) >= 11 is 0. The van der Waals surface area contributed by atoms with Gasteiger partial charge in [-0.05, 0) is 38.3 Å². The van der Waals surface area contributed by atoms with E-state index < -0.39 is 17.5 Å². The van der Waals surface area contributed by atoms with Crippen molar-refractivity contribution < 1.29 is 14.0 Å². The monoisotopic (exact) mass is 276 g/mol. The van der Waals surface area contributed by atoms with Gasteiger partial charge in [-0.2, -0.15) is 0 Å². The smallest absolute Gasteiger partial charge is 0.296 e. The van der Waals surface area contributed by atoms with Crippen LogP contribution in [0.15, 0.2) is 12.1 Å². The lowest BCUT2D eigenvalue weighted by Gasteiger charge is -2.31. The molecule has 2 heterocycles. The molecule has 2 aliphatic rings. The summed E-state index contributed by atoms with van der Waals surface area (Å²) in [6.45, 7) is 4.17. The maximum atomic E-state index is 14.3. The van der Waals surface area contributed by atoms with Crippen LogP contribution in [-0.4, -0.2) is 23.8 Å². The van der Waals surface area contributed by atoms with Gasteiger partial charge in [-0.1, -0.05) is 6.92 Å². The maximum Gasteiger partial charge on any atom is 0.296 e. The second-order valence-electron chi connectivity index (χ2n) is 5.53. The lowest BCUT2D eigenvalue weighted by molar-refractivity contribution is -0.112. The number of nitrogens with one attached hydrogen (secondary N) is 1. The summed E-state index contributed by atoms with van der Waals surface area (Å²) in [5.74, 6) is -1.77. The Labute approximate surface area is 117 Å². The minimum absolute atomic E-state index is 0.135. The quantitative estimate of drug-likeness (QED) is 0.845. The molecule has 20 heavy (non-hydrogen) atoms. The number of fused-ring (bicyclic) bond motifs is 1. The zero-order chi connectivity index (χ0) is 14.4. The summed E-state index contributed by atoms with van der Waals surface area (Å²) in [6.07, 6.45) is 3.02. The van der Waals surface area contributed by atoms with Crippen LogP contribution in [0.5, 0.6) is 0 Å². The molecule has 1 saturated heterocycles. The van der Waals surface area contributed by atoms with E-state index in [1.807, 2.05) is 0 Å². The van der Waals surface area contributed by atoms with E-state index >= 15 is 0 Å². The number of ketones is 1. The van der Waals surface area contributed by atoms with Crippen LogP contribution in [0.2, 0.25) is 0 Å². The molecule has 0 aromatic heterocycles. The first-order valence-corrected chi connectivity index (χ1v) is 7.00. The van der Waals surface area contributed by atoms with E-state index in [-0.39, 0.29) is 11.6 Å². The Hall–Kier alpha value is -1.91. The first-order chi connectivity index (χ1) is 9.52. The van der Waals surface area contributed by atoms with E-state index in [2.05, 4.69) is 24.1 Å². The molecule has 1 N–H and O–H groups in total. The summed E-state index contributed by atoms with van der Waals surface area (Å²) in [4.78, 5) is 25.0. The predicted molar refractivity (Wildman–Crippen MR) is 74.6 cm³/mol. The molecule has 0 saturated carbocycles. The molecule has 1 aromatic rings. The molecule has 2 unspecified atom stereocenters. The number of halogens is 1. The van der Waals surface area contributed by atoms with Crippen LogP contribution in [0.4, 0.5) is 15.8 Å². The van der Waals surface area contributed by atoms with Gasteiger partial charge in [0.2, 0.25) is 0 Å². The van der Waals surface area contributed by atoms with Crippen molar-refractivity contribution >= 4 is 23.1 Å². The zero-order valence-corrected chi connectivity index (χ0v) is 11.6. The van der Waals surface area contributed by atoms with Gasteiger partial charge in [-0.25, -0.2) is 4.39 Å². The van der Waals surface area contributed by atoms with Gasteiger partial charge in [0.1, 0.15) is 5.82 Å². The highest BCUT2D eigenvalue weighted by atomic mass is 19.1. The molecule has 0 spiro atoms. The first kappa shape index (κ1) is 13.1. The molecule has 2 aliphatic heterocycles. The summed E-state index contributed by atoms with van der Waals surface area (Å²) in [7, 11) is 0. The second-order valence-corrected chi connectivity index (χ2v) is 5.53. The fourth-order valence-corrected chi connectivity index (χ4v) is 3.26. The topological polar surface area (TPSA) is 49.4 Å². The molecule has 106 valence electrons. The average molecular weight is 276 g/mol. The van der Waals surface area contributed by atoms with E-state index in [1.54, 1.807) is 6.07 Å². The number of hydrogen-bond donors (Lipinski definition) is 1. The molecule has 1 amide bonds. The molecule has 0 aliphatic carbocycles. The summed E-state index contributed by atoms with van der Waals surface area (Å²) in [6, 6.07) is 3.35. The molecule has 0 radical (unpaired) electrons. The van der Waals surface area contributed by atoms with Crippen molar-refractivity contribution in [2.75, 3.05) is 10.2 Å². The Morgan fingerprint density at radius 1 is 1.35 bits per heavy atom. The third kappa shape index (κ3) is 1.80. The molecule has 5 heteroatoms. The highest BCUT2D eigenvalue weighted by molar-refractivity contribution is 6.51. The summed E-state index contributed by atoms with van der Waals surface area (Å²) in [5, 5.41) is 2.50. The normalized spacial score (nSPS) is 25.1. The van der Waals surface area contributed by atoms with E-state index in [9.17, 15) is 14.0 Å². The summed E-state index contributed by atoms with van der Waals surface area (Å²) < 4.78 is 14.3. The van der Waals surface area contributed by atoms with Crippen LogP contribution < -0.4 is 10.2 Å². The Balaban J connectivity index is 2.06. The summed E-state index contributed by atoms with van der Waals surface area (Å²) in [5.41, 5.74) is 1.04. The Morgan fingerprint density at radius 2 is 2.10 bits per heavy atom. The molecule has 1 aromatic carbocycles. The van der Waals surface area contributed by atoms with Gasteiger partial charge >= 0.3 is 0 Å². The number of hydrogen-bond acceptors (Lipinski definition) is 3. The number of anilines is 2. The SMILES string of the molecule is CCC1CCC(C)N1c1cc2c(cc1F)C(=O)C(=O)N2. The number of carbonyl (C=O) groups is 2. The largest absolute Gasteiger partial charge is 0.363 e. The lowest BCUT2D eigenvalue weighted by atomic mass is 10.1. The fourth-order valence-electron chi connectivity index (χ4n) is 3.26. The van der Waals surface area contributed by atoms with Crippen molar-refractivity contribution in [3.8, 4) is 0 Å². The van der Waals surface area contributed by atoms with Gasteiger partial charge in [0, 0.05) is 12.1 Å². The molecular formula is C15H17FN2O2. The molecular weight excluding hydrogens is 259 g/mol. The van der Waals surface area contributed by atoms with E-state index in [4.69, 9.17) is 0 Å². The van der Waals surface area contributed by atoms with Crippen molar-refractivity contribution in [1.29, 1.82) is 0 Å². The van der Waals surface area contributed by atoms with Crippen molar-refractivity contribution in [2.24, 2.45) is 0 Å². The van der Waals surface area contributed by atoms with Crippen LogP contribution in [-0.2, 0) is 4.79 Å². The lowest BCUT2D eigenvalue weighted by Crippen LogP contribution is -2.34. The van der Waals surface area contributed by atoms with Crippen LogP contribution >= 0.6 is 0 Å². The van der Waals surface area contributed by atoms with Crippen LogP contribution in [0.3, 0.4) is 0 Å². The molecule has 2 atom stereocenters. The van der Waals surface area contributed by atoms with E-state index in [0.717, 1.165) is 19.3 Å². The highest BCUT2D eigenvalue weighted by Gasteiger charge is 2.34. The van der Waals surface area contributed by atoms with E-state index in [1.165, 1.54) is 6.07 Å². The Bertz CT molecular complexity index is 600. The number of amides is 1. The van der Waals surface area contributed by atoms with Crippen LogP contribution in [0, 0.1) is 5.82 Å². The van der Waals surface area contributed by atoms with Gasteiger partial charge in [-0.15, -0.1) is 0 Å². The zero-order valence-electron chi connectivity index (χ0n) is 11.6. The van der Waals surface area contributed by atoms with Crippen molar-refractivity contribution in [2.45, 2.75) is 45.2 Å². The minimum Gasteiger partial charge on any atom is -0.363 e. The predicted octanol–water partition coefficient (Wildman–Crippen LogP) is 2.73. The number of nitrogens with zero attached hydrogens (tertiary/aromatic N) is 1. The van der Waals surface area contributed by atoms with Gasteiger partial charge in [0.15, 0.2) is 0 Å². The van der Waals surface area contributed by atoms with Crippen LogP contribution in [0.25, 0.3) is 0 Å².